The number of rotatable bonds is 4. The van der Waals surface area contributed by atoms with Crippen LogP contribution in [0.3, 0.4) is 0 Å². The van der Waals surface area contributed by atoms with Crippen LogP contribution in [0.1, 0.15) is 22.3 Å². The van der Waals surface area contributed by atoms with E-state index in [1.807, 2.05) is 6.07 Å². The number of para-hydroxylation sites is 3. The van der Waals surface area contributed by atoms with E-state index >= 15 is 0 Å². The van der Waals surface area contributed by atoms with Crippen LogP contribution in [0.15, 0.2) is 231 Å². The van der Waals surface area contributed by atoms with Crippen molar-refractivity contribution in [1.82, 2.24) is 15.0 Å². The van der Waals surface area contributed by atoms with E-state index < -0.39 is 5.41 Å². The number of fused-ring (bicyclic) bond motifs is 15. The first-order valence-corrected chi connectivity index (χ1v) is 22.6. The highest BCUT2D eigenvalue weighted by atomic mass is 15.2. The third kappa shape index (κ3) is 5.24. The number of anilines is 3. The van der Waals surface area contributed by atoms with Crippen molar-refractivity contribution in [3.63, 3.8) is 0 Å². The fourth-order valence-electron chi connectivity index (χ4n) is 11.1. The second kappa shape index (κ2) is 14.1. The Labute approximate surface area is 381 Å². The largest absolute Gasteiger partial charge is 0.310 e. The molecule has 4 heterocycles. The standard InChI is InChI=1S/C62H38N4/c1-3-15-39(16-4-1)54-35-33-42-31-32-43-34-36-55(64-61(43)60(42)63-54)40-27-29-41(30-28-40)59-49-37-53-58(38-48(49)47-21-9-13-25-56(47)65-59)66(44-17-5-2-6-18-44)57-26-14-12-24-52(57)62(53)50-22-10-7-19-45(50)46-20-8-11-23-51(46)62/h1-38H. The van der Waals surface area contributed by atoms with Gasteiger partial charge in [-0.2, -0.15) is 0 Å². The molecule has 1 aliphatic carbocycles. The third-order valence-electron chi connectivity index (χ3n) is 14.0. The normalized spacial score (nSPS) is 13.2. The molecule has 0 atom stereocenters. The van der Waals surface area contributed by atoms with Crippen molar-refractivity contribution in [3.05, 3.63) is 253 Å². The summed E-state index contributed by atoms with van der Waals surface area (Å²) >= 11 is 0. The van der Waals surface area contributed by atoms with Gasteiger partial charge >= 0.3 is 0 Å². The highest BCUT2D eigenvalue weighted by Gasteiger charge is 2.51. The van der Waals surface area contributed by atoms with Gasteiger partial charge in [-0.3, -0.25) is 0 Å². The van der Waals surface area contributed by atoms with Crippen molar-refractivity contribution < 1.29 is 0 Å². The van der Waals surface area contributed by atoms with E-state index in [0.29, 0.717) is 0 Å². The quantitative estimate of drug-likeness (QED) is 0.166. The van der Waals surface area contributed by atoms with Gasteiger partial charge < -0.3 is 4.90 Å². The zero-order chi connectivity index (χ0) is 43.3. The van der Waals surface area contributed by atoms with E-state index in [-0.39, 0.29) is 0 Å². The van der Waals surface area contributed by atoms with Gasteiger partial charge in [-0.25, -0.2) is 15.0 Å². The molecular weight excluding hydrogens is 801 g/mol. The molecule has 66 heavy (non-hydrogen) atoms. The van der Waals surface area contributed by atoms with Crippen LogP contribution in [0.2, 0.25) is 0 Å². The highest BCUT2D eigenvalue weighted by molar-refractivity contribution is 6.14. The van der Waals surface area contributed by atoms with Crippen molar-refractivity contribution in [2.45, 2.75) is 5.41 Å². The van der Waals surface area contributed by atoms with Gasteiger partial charge in [0, 0.05) is 43.9 Å². The fraction of sp³-hybridized carbons (Fsp3) is 0.0161. The molecule has 1 spiro atoms. The lowest BCUT2D eigenvalue weighted by molar-refractivity contribution is 0.754. The lowest BCUT2D eigenvalue weighted by Crippen LogP contribution is -2.36. The zero-order valence-corrected chi connectivity index (χ0v) is 35.7. The van der Waals surface area contributed by atoms with Gasteiger partial charge in [0.15, 0.2) is 0 Å². The molecule has 4 heteroatoms. The van der Waals surface area contributed by atoms with Crippen LogP contribution in [-0.2, 0) is 5.41 Å². The van der Waals surface area contributed by atoms with E-state index in [2.05, 4.69) is 229 Å². The molecule has 14 rings (SSSR count). The summed E-state index contributed by atoms with van der Waals surface area (Å²) in [7, 11) is 0. The van der Waals surface area contributed by atoms with Gasteiger partial charge in [0.1, 0.15) is 0 Å². The molecule has 9 aromatic carbocycles. The summed E-state index contributed by atoms with van der Waals surface area (Å²) in [5, 5.41) is 5.54. The van der Waals surface area contributed by atoms with E-state index in [1.54, 1.807) is 0 Å². The van der Waals surface area contributed by atoms with Gasteiger partial charge in [0.2, 0.25) is 0 Å². The molecule has 0 amide bonds. The second-order valence-electron chi connectivity index (χ2n) is 17.5. The van der Waals surface area contributed by atoms with Crippen molar-refractivity contribution in [1.29, 1.82) is 0 Å². The van der Waals surface area contributed by atoms with Crippen LogP contribution in [-0.4, -0.2) is 15.0 Å². The molecule has 1 aliphatic heterocycles. The molecule has 0 bridgehead atoms. The van der Waals surface area contributed by atoms with Crippen molar-refractivity contribution in [2.75, 3.05) is 4.90 Å². The summed E-state index contributed by atoms with van der Waals surface area (Å²) in [5.74, 6) is 0. The Morgan fingerprint density at radius 2 is 0.864 bits per heavy atom. The number of hydrogen-bond donors (Lipinski definition) is 0. The van der Waals surface area contributed by atoms with Crippen LogP contribution < -0.4 is 4.90 Å². The minimum absolute atomic E-state index is 0.575. The van der Waals surface area contributed by atoms with Crippen molar-refractivity contribution >= 4 is 60.5 Å². The third-order valence-corrected chi connectivity index (χ3v) is 14.0. The van der Waals surface area contributed by atoms with Gasteiger partial charge in [-0.1, -0.05) is 182 Å². The minimum atomic E-state index is -0.575. The average molecular weight is 839 g/mol. The topological polar surface area (TPSA) is 41.9 Å². The Kier molecular flexibility index (Phi) is 7.87. The summed E-state index contributed by atoms with van der Waals surface area (Å²) in [5.41, 5.74) is 19.3. The first-order valence-electron chi connectivity index (χ1n) is 22.6. The fourth-order valence-corrected chi connectivity index (χ4v) is 11.1. The monoisotopic (exact) mass is 838 g/mol. The SMILES string of the molecule is c1ccc(-c2ccc3ccc4ccc(-c5ccc(-c6nc7ccccc7c7cc8c(cc67)C6(c7ccccc7-c7ccccc76)c6ccccc6N8c6ccccc6)cc5)nc4c3n2)cc1. The molecule has 0 N–H and O–H groups in total. The van der Waals surface area contributed by atoms with E-state index in [1.165, 1.54) is 44.5 Å². The van der Waals surface area contributed by atoms with Crippen LogP contribution in [0.4, 0.5) is 17.1 Å². The van der Waals surface area contributed by atoms with Gasteiger partial charge in [-0.15, -0.1) is 0 Å². The molecule has 0 fully saturated rings. The predicted octanol–water partition coefficient (Wildman–Crippen LogP) is 15.6. The first kappa shape index (κ1) is 36.7. The summed E-state index contributed by atoms with van der Waals surface area (Å²) < 4.78 is 0. The average Bonchev–Trinajstić information content (AvgIpc) is 3.69. The number of nitrogens with zero attached hydrogens (tertiary/aromatic N) is 4. The number of aromatic nitrogens is 3. The Morgan fingerprint density at radius 3 is 1.55 bits per heavy atom. The smallest absolute Gasteiger partial charge is 0.0972 e. The van der Waals surface area contributed by atoms with Crippen LogP contribution in [0, 0.1) is 0 Å². The van der Waals surface area contributed by atoms with Gasteiger partial charge in [0.05, 0.1) is 50.4 Å². The second-order valence-corrected chi connectivity index (χ2v) is 17.5. The Balaban J connectivity index is 0.993. The molecule has 0 radical (unpaired) electrons. The Bertz CT molecular complexity index is 3890. The highest BCUT2D eigenvalue weighted by Crippen LogP contribution is 2.64. The van der Waals surface area contributed by atoms with Gasteiger partial charge in [0.25, 0.3) is 0 Å². The molecule has 3 aromatic heterocycles. The van der Waals surface area contributed by atoms with Gasteiger partial charge in [-0.05, 0) is 87.3 Å². The molecule has 0 saturated carbocycles. The van der Waals surface area contributed by atoms with Crippen LogP contribution >= 0.6 is 0 Å². The minimum Gasteiger partial charge on any atom is -0.310 e. The summed E-state index contributed by atoms with van der Waals surface area (Å²) in [6.45, 7) is 0. The molecule has 12 aromatic rings. The summed E-state index contributed by atoms with van der Waals surface area (Å²) in [4.78, 5) is 18.4. The lowest BCUT2D eigenvalue weighted by atomic mass is 9.64. The van der Waals surface area contributed by atoms with Crippen molar-refractivity contribution in [3.8, 4) is 44.9 Å². The maximum atomic E-state index is 5.52. The molecular formula is C62H38N4. The van der Waals surface area contributed by atoms with Crippen LogP contribution in [0.25, 0.3) is 88.4 Å². The summed E-state index contributed by atoms with van der Waals surface area (Å²) in [6, 6.07) is 83.3. The molecule has 4 nitrogen and oxygen atoms in total. The van der Waals surface area contributed by atoms with E-state index in [9.17, 15) is 0 Å². The molecule has 0 saturated heterocycles. The molecule has 306 valence electrons. The van der Waals surface area contributed by atoms with Crippen molar-refractivity contribution in [2.24, 2.45) is 0 Å². The number of benzene rings is 9. The zero-order valence-electron chi connectivity index (χ0n) is 35.7. The Hall–Kier alpha value is -8.73. The number of hydrogen-bond acceptors (Lipinski definition) is 4. The van der Waals surface area contributed by atoms with E-state index in [4.69, 9.17) is 15.0 Å². The van der Waals surface area contributed by atoms with E-state index in [0.717, 1.165) is 83.2 Å². The maximum absolute atomic E-state index is 5.52. The predicted molar refractivity (Wildman–Crippen MR) is 272 cm³/mol. The first-order chi connectivity index (χ1) is 32.7. The lowest BCUT2D eigenvalue weighted by Gasteiger charge is -2.45. The molecule has 0 unspecified atom stereocenters. The Morgan fingerprint density at radius 1 is 0.333 bits per heavy atom. The molecule has 2 aliphatic rings. The summed E-state index contributed by atoms with van der Waals surface area (Å²) in [6.07, 6.45) is 0. The van der Waals surface area contributed by atoms with Crippen LogP contribution in [0.5, 0.6) is 0 Å². The number of pyridine rings is 3. The maximum Gasteiger partial charge on any atom is 0.0972 e.